The number of rotatable bonds is 12. The Balaban J connectivity index is 1.46. The van der Waals surface area contributed by atoms with Gasteiger partial charge < -0.3 is 43.1 Å². The van der Waals surface area contributed by atoms with Crippen molar-refractivity contribution in [3.63, 3.8) is 0 Å². The normalized spacial score (nSPS) is 22.4. The molecule has 0 radical (unpaired) electrons. The molecule has 0 unspecified atom stereocenters. The molecule has 2 saturated heterocycles. The van der Waals surface area contributed by atoms with Crippen LogP contribution in [0.4, 0.5) is 16.3 Å². The highest BCUT2D eigenvalue weighted by atomic mass is 16.7. The highest BCUT2D eigenvalue weighted by Gasteiger charge is 2.56. The second-order valence-corrected chi connectivity index (χ2v) is 14.2. The van der Waals surface area contributed by atoms with Crippen LogP contribution in [-0.2, 0) is 54.2 Å². The van der Waals surface area contributed by atoms with Crippen molar-refractivity contribution >= 4 is 58.4 Å². The molecular formula is C38H44N8O14. The molecule has 0 spiro atoms. The van der Waals surface area contributed by atoms with Gasteiger partial charge in [0.25, 0.3) is 5.69 Å². The third kappa shape index (κ3) is 9.69. The minimum absolute atomic E-state index is 0.0549. The number of methoxy groups -OCH3 is 1. The average Bonchev–Trinajstić information content (AvgIpc) is 3.63. The maximum atomic E-state index is 14.1. The quantitative estimate of drug-likeness (QED) is 0.109. The van der Waals surface area contributed by atoms with Gasteiger partial charge >= 0.3 is 29.9 Å². The summed E-state index contributed by atoms with van der Waals surface area (Å²) in [5.41, 5.74) is -0.0805. The van der Waals surface area contributed by atoms with Gasteiger partial charge in [0.05, 0.1) is 36.1 Å². The van der Waals surface area contributed by atoms with Crippen molar-refractivity contribution in [2.75, 3.05) is 39.2 Å². The van der Waals surface area contributed by atoms with Gasteiger partial charge in [-0.15, -0.1) is 0 Å². The number of nitrogens with zero attached hydrogens (tertiary/aromatic N) is 8. The Morgan fingerprint density at radius 2 is 1.67 bits per heavy atom. The van der Waals surface area contributed by atoms with E-state index < -0.39 is 65.5 Å². The molecule has 2 aliphatic heterocycles. The molecule has 0 aliphatic carbocycles. The highest BCUT2D eigenvalue weighted by Crippen LogP contribution is 2.35. The number of nitro groups is 1. The van der Waals surface area contributed by atoms with E-state index in [9.17, 15) is 38.9 Å². The molecule has 2 fully saturated rings. The number of nitro benzene ring substituents is 1. The van der Waals surface area contributed by atoms with E-state index in [4.69, 9.17) is 33.7 Å². The van der Waals surface area contributed by atoms with Crippen molar-refractivity contribution in [3.05, 3.63) is 52.5 Å². The number of anilines is 1. The number of hydrogen-bond donors (Lipinski definition) is 0. The van der Waals surface area contributed by atoms with Gasteiger partial charge in [-0.3, -0.25) is 33.9 Å². The van der Waals surface area contributed by atoms with Gasteiger partial charge in [-0.2, -0.15) is 5.26 Å². The predicted molar refractivity (Wildman–Crippen MR) is 204 cm³/mol. The fourth-order valence-electron chi connectivity index (χ4n) is 7.21. The fraction of sp³-hybridized carbons (Fsp3) is 0.500. The van der Waals surface area contributed by atoms with E-state index in [0.717, 1.165) is 40.0 Å². The van der Waals surface area contributed by atoms with E-state index >= 15 is 0 Å². The van der Waals surface area contributed by atoms with Crippen LogP contribution in [0.5, 0.6) is 5.75 Å². The molecule has 7 atom stereocenters. The van der Waals surface area contributed by atoms with Gasteiger partial charge in [-0.1, -0.05) is 6.92 Å². The monoisotopic (exact) mass is 836 g/mol. The standard InChI is InChI=1S/C38H44N8O14/c1-20-11-14-44(29(50)10-13-39)18-27(20)43(6)34-26-12-15-45(35(26)41-19-40-34)38(52)42(5)17-24-16-25(46(53)54)8-9-28(24)59-37-33(58-23(4)49)31(57-22(3)48)30(56-21(2)47)32(60-37)36(51)55-7/h8-9,12,15-16,19-20,27,30-33,37H,10-11,14,17-18H2,1-7H3/t20-,27+,30+,31+,32+,33-,37-/m1/s1. The van der Waals surface area contributed by atoms with Crippen molar-refractivity contribution in [3.8, 4) is 11.8 Å². The summed E-state index contributed by atoms with van der Waals surface area (Å²) in [6.45, 7) is 5.73. The SMILES string of the molecule is COC(=O)[C@H]1O[C@@H](Oc2ccc([N+](=O)[O-])cc2CN(C)C(=O)n2ccc3c(N(C)[C@H]4CN(C(=O)CC#N)CC[C@H]4C)ncnc32)[C@H](OC(C)=O)[C@@H](OC(C)=O)[C@@H]1OC(C)=O. The van der Waals surface area contributed by atoms with Gasteiger partial charge in [0.2, 0.25) is 18.3 Å². The number of piperidine rings is 1. The van der Waals surface area contributed by atoms with Crippen molar-refractivity contribution in [1.82, 2.24) is 24.3 Å². The molecule has 2 amide bonds. The summed E-state index contributed by atoms with van der Waals surface area (Å²) >= 11 is 0. The first-order valence-electron chi connectivity index (χ1n) is 18.6. The number of likely N-dealkylation sites (tertiary alicyclic amines) is 1. The molecule has 2 aromatic heterocycles. The van der Waals surface area contributed by atoms with Crippen molar-refractivity contribution in [2.45, 2.75) is 83.8 Å². The maximum absolute atomic E-state index is 14.1. The van der Waals surface area contributed by atoms with Crippen LogP contribution in [0, 0.1) is 27.4 Å². The minimum atomic E-state index is -1.78. The van der Waals surface area contributed by atoms with E-state index in [1.807, 2.05) is 18.0 Å². The average molecular weight is 837 g/mol. The Bertz CT molecular complexity index is 2210. The molecule has 3 aromatic rings. The van der Waals surface area contributed by atoms with E-state index in [-0.39, 0.29) is 53.5 Å². The Morgan fingerprint density at radius 3 is 2.30 bits per heavy atom. The molecule has 2 aliphatic rings. The summed E-state index contributed by atoms with van der Waals surface area (Å²) in [6.07, 6.45) is -5.27. The zero-order chi connectivity index (χ0) is 44.0. The second-order valence-electron chi connectivity index (χ2n) is 14.2. The first kappa shape index (κ1) is 44.2. The summed E-state index contributed by atoms with van der Waals surface area (Å²) in [5.74, 6) is -3.51. The van der Waals surface area contributed by atoms with Crippen molar-refractivity contribution < 1.29 is 62.1 Å². The molecule has 1 aromatic carbocycles. The molecular weight excluding hydrogens is 792 g/mol. The predicted octanol–water partition coefficient (Wildman–Crippen LogP) is 2.10. The van der Waals surface area contributed by atoms with Crippen LogP contribution in [-0.4, -0.2) is 136 Å². The minimum Gasteiger partial charge on any atom is -0.467 e. The Kier molecular flexibility index (Phi) is 13.8. The van der Waals surface area contributed by atoms with E-state index in [0.29, 0.717) is 30.7 Å². The van der Waals surface area contributed by atoms with Gasteiger partial charge in [-0.05, 0) is 24.5 Å². The topological polar surface area (TPSA) is 265 Å². The molecule has 0 saturated carbocycles. The van der Waals surface area contributed by atoms with Crippen LogP contribution in [0.3, 0.4) is 0 Å². The van der Waals surface area contributed by atoms with Crippen LogP contribution in [0.25, 0.3) is 11.0 Å². The summed E-state index contributed by atoms with van der Waals surface area (Å²) in [6, 6.07) is 6.23. The fourth-order valence-corrected chi connectivity index (χ4v) is 7.21. The molecule has 0 N–H and O–H groups in total. The first-order chi connectivity index (χ1) is 28.4. The number of hydrogen-bond acceptors (Lipinski definition) is 18. The van der Waals surface area contributed by atoms with E-state index in [1.165, 1.54) is 35.1 Å². The smallest absolute Gasteiger partial charge is 0.339 e. The molecule has 5 rings (SSSR count). The van der Waals surface area contributed by atoms with Crippen molar-refractivity contribution in [2.24, 2.45) is 5.92 Å². The lowest BCUT2D eigenvalue weighted by Crippen LogP contribution is -2.64. The molecule has 320 valence electrons. The van der Waals surface area contributed by atoms with Crippen LogP contribution in [0.15, 0.2) is 36.8 Å². The van der Waals surface area contributed by atoms with Crippen LogP contribution in [0.1, 0.15) is 46.1 Å². The first-order valence-corrected chi connectivity index (χ1v) is 18.6. The van der Waals surface area contributed by atoms with Crippen molar-refractivity contribution in [1.29, 1.82) is 5.26 Å². The third-order valence-corrected chi connectivity index (χ3v) is 10.1. The number of fused-ring (bicyclic) bond motifs is 1. The van der Waals surface area contributed by atoms with Gasteiger partial charge in [0.15, 0.2) is 24.0 Å². The van der Waals surface area contributed by atoms with E-state index in [2.05, 4.69) is 16.9 Å². The number of benzene rings is 1. The zero-order valence-electron chi connectivity index (χ0n) is 33.8. The number of carbonyl (C=O) groups excluding carboxylic acids is 6. The Labute approximate surface area is 342 Å². The van der Waals surface area contributed by atoms with Crippen LogP contribution < -0.4 is 9.64 Å². The van der Waals surface area contributed by atoms with Gasteiger partial charge in [0.1, 0.15) is 24.3 Å². The lowest BCUT2D eigenvalue weighted by atomic mass is 9.92. The number of nitriles is 1. The number of carbonyl (C=O) groups is 6. The summed E-state index contributed by atoms with van der Waals surface area (Å²) in [5, 5.41) is 21.5. The number of likely N-dealkylation sites (N-methyl/N-ethyl adjacent to an activating group) is 1. The summed E-state index contributed by atoms with van der Waals surface area (Å²) in [7, 11) is 4.28. The van der Waals surface area contributed by atoms with Gasteiger partial charge in [0, 0.05) is 71.8 Å². The number of amides is 2. The third-order valence-electron chi connectivity index (χ3n) is 10.1. The number of ether oxygens (including phenoxy) is 6. The summed E-state index contributed by atoms with van der Waals surface area (Å²) in [4.78, 5) is 101. The van der Waals surface area contributed by atoms with E-state index in [1.54, 1.807) is 11.0 Å². The Morgan fingerprint density at radius 1 is 1.00 bits per heavy atom. The Hall–Kier alpha value is -6.89. The number of aromatic nitrogens is 3. The highest BCUT2D eigenvalue weighted by molar-refractivity contribution is 5.95. The lowest BCUT2D eigenvalue weighted by molar-refractivity contribution is -0.385. The molecule has 22 heteroatoms. The molecule has 0 bridgehead atoms. The molecule has 60 heavy (non-hydrogen) atoms. The zero-order valence-corrected chi connectivity index (χ0v) is 33.8. The molecule has 4 heterocycles. The largest absolute Gasteiger partial charge is 0.467 e. The molecule has 22 nitrogen and oxygen atoms in total. The second kappa shape index (κ2) is 18.8. The van der Waals surface area contributed by atoms with Crippen LogP contribution in [0.2, 0.25) is 0 Å². The summed E-state index contributed by atoms with van der Waals surface area (Å²) < 4.78 is 34.3. The number of non-ortho nitro benzene ring substituents is 1. The van der Waals surface area contributed by atoms with Gasteiger partial charge in [-0.25, -0.2) is 19.6 Å². The lowest BCUT2D eigenvalue weighted by Gasteiger charge is -2.43. The van der Waals surface area contributed by atoms with Crippen LogP contribution >= 0.6 is 0 Å². The number of esters is 4. The maximum Gasteiger partial charge on any atom is 0.339 e.